The molecule has 1 aliphatic heterocycles. The van der Waals surface area contributed by atoms with Crippen LogP contribution < -0.4 is 10.6 Å². The van der Waals surface area contributed by atoms with Crippen LogP contribution in [0.15, 0.2) is 30.3 Å². The van der Waals surface area contributed by atoms with Crippen molar-refractivity contribution in [1.29, 1.82) is 5.26 Å². The highest BCUT2D eigenvalue weighted by molar-refractivity contribution is 6.02. The molecule has 1 aliphatic rings. The second-order valence-corrected chi connectivity index (χ2v) is 4.57. The van der Waals surface area contributed by atoms with E-state index in [1.165, 1.54) is 6.08 Å². The third-order valence-electron chi connectivity index (χ3n) is 3.01. The van der Waals surface area contributed by atoms with Crippen molar-refractivity contribution in [2.75, 3.05) is 19.6 Å². The van der Waals surface area contributed by atoms with E-state index < -0.39 is 6.03 Å². The first-order chi connectivity index (χ1) is 10.6. The Morgan fingerprint density at radius 2 is 2.27 bits per heavy atom. The highest BCUT2D eigenvalue weighted by atomic mass is 16.2. The number of carbonyl (C=O) groups is 3. The highest BCUT2D eigenvalue weighted by Gasteiger charge is 2.27. The van der Waals surface area contributed by atoms with Gasteiger partial charge in [-0.25, -0.2) is 4.79 Å². The summed E-state index contributed by atoms with van der Waals surface area (Å²) in [6, 6.07) is 8.42. The summed E-state index contributed by atoms with van der Waals surface area (Å²) < 4.78 is 0. The molecule has 4 amide bonds. The summed E-state index contributed by atoms with van der Waals surface area (Å²) in [6.07, 6.45) is 2.92. The lowest BCUT2D eigenvalue weighted by Gasteiger charge is -2.11. The molecule has 0 unspecified atom stereocenters. The molecule has 0 spiro atoms. The second-order valence-electron chi connectivity index (χ2n) is 4.57. The second kappa shape index (κ2) is 7.04. The van der Waals surface area contributed by atoms with Gasteiger partial charge in [-0.15, -0.1) is 0 Å². The van der Waals surface area contributed by atoms with Gasteiger partial charge in [0.2, 0.25) is 11.8 Å². The molecule has 2 rings (SSSR count). The van der Waals surface area contributed by atoms with Gasteiger partial charge >= 0.3 is 6.03 Å². The lowest BCUT2D eigenvalue weighted by Crippen LogP contribution is -2.38. The summed E-state index contributed by atoms with van der Waals surface area (Å²) in [4.78, 5) is 35.3. The van der Waals surface area contributed by atoms with Gasteiger partial charge in [0.1, 0.15) is 0 Å². The minimum absolute atomic E-state index is 0.00190. The van der Waals surface area contributed by atoms with Gasteiger partial charge in [0.05, 0.1) is 18.2 Å². The number of carbonyl (C=O) groups excluding carboxylic acids is 3. The monoisotopic (exact) mass is 298 g/mol. The van der Waals surface area contributed by atoms with Gasteiger partial charge in [0.15, 0.2) is 0 Å². The maximum absolute atomic E-state index is 11.6. The van der Waals surface area contributed by atoms with Crippen LogP contribution in [-0.2, 0) is 9.59 Å². The normalized spacial score (nSPS) is 14.0. The topological polar surface area (TPSA) is 102 Å². The summed E-state index contributed by atoms with van der Waals surface area (Å²) in [5.74, 6) is -0.641. The van der Waals surface area contributed by atoms with Crippen LogP contribution in [0, 0.1) is 11.3 Å². The zero-order chi connectivity index (χ0) is 15.9. The van der Waals surface area contributed by atoms with E-state index in [0.717, 1.165) is 10.5 Å². The van der Waals surface area contributed by atoms with Crippen molar-refractivity contribution in [2.24, 2.45) is 0 Å². The molecule has 0 radical (unpaired) electrons. The van der Waals surface area contributed by atoms with Gasteiger partial charge < -0.3 is 10.6 Å². The van der Waals surface area contributed by atoms with Gasteiger partial charge in [0, 0.05) is 19.2 Å². The molecule has 0 saturated carbocycles. The van der Waals surface area contributed by atoms with Crippen LogP contribution in [0.1, 0.15) is 11.1 Å². The number of hydrogen-bond acceptors (Lipinski definition) is 4. The Labute approximate surface area is 127 Å². The molecule has 1 aromatic rings. The van der Waals surface area contributed by atoms with E-state index in [9.17, 15) is 14.4 Å². The van der Waals surface area contributed by atoms with E-state index in [0.29, 0.717) is 5.56 Å². The fraction of sp³-hybridized carbons (Fsp3) is 0.200. The zero-order valence-electron chi connectivity index (χ0n) is 11.7. The fourth-order valence-electron chi connectivity index (χ4n) is 1.92. The maximum atomic E-state index is 11.6. The number of rotatable bonds is 5. The summed E-state index contributed by atoms with van der Waals surface area (Å²) in [7, 11) is 0. The Bertz CT molecular complexity index is 660. The number of amides is 4. The first-order valence-corrected chi connectivity index (χ1v) is 6.64. The summed E-state index contributed by atoms with van der Waals surface area (Å²) in [6.45, 7) is 0.316. The Morgan fingerprint density at radius 3 is 2.95 bits per heavy atom. The van der Waals surface area contributed by atoms with E-state index >= 15 is 0 Å². The standard InChI is InChI=1S/C15H14N4O3/c16-9-12-3-1-2-11(8-12)4-5-13(20)17-6-7-19-14(21)10-18-15(19)22/h1-5,8H,6-7,10H2,(H,17,20)(H,18,22). The predicted molar refractivity (Wildman–Crippen MR) is 78.3 cm³/mol. The molecule has 7 nitrogen and oxygen atoms in total. The predicted octanol–water partition coefficient (Wildman–Crippen LogP) is 0.239. The third-order valence-corrected chi connectivity index (χ3v) is 3.01. The summed E-state index contributed by atoms with van der Waals surface area (Å²) in [5.41, 5.74) is 1.25. The van der Waals surface area contributed by atoms with Gasteiger partial charge in [-0.05, 0) is 23.8 Å². The van der Waals surface area contributed by atoms with Crippen molar-refractivity contribution < 1.29 is 14.4 Å². The van der Waals surface area contributed by atoms with Crippen molar-refractivity contribution >= 4 is 23.9 Å². The van der Waals surface area contributed by atoms with Crippen LogP contribution in [0.3, 0.4) is 0 Å². The SMILES string of the molecule is N#Cc1cccc(C=CC(=O)NCCN2C(=O)CNC2=O)c1. The Morgan fingerprint density at radius 1 is 1.45 bits per heavy atom. The van der Waals surface area contributed by atoms with E-state index in [-0.39, 0.29) is 31.4 Å². The Balaban J connectivity index is 1.80. The number of hydrogen-bond donors (Lipinski definition) is 2. The van der Waals surface area contributed by atoms with E-state index in [4.69, 9.17) is 5.26 Å². The smallest absolute Gasteiger partial charge is 0.324 e. The molecular formula is C15H14N4O3. The van der Waals surface area contributed by atoms with Crippen molar-refractivity contribution in [2.45, 2.75) is 0 Å². The molecule has 1 aromatic carbocycles. The average Bonchev–Trinajstić information content (AvgIpc) is 2.85. The summed E-state index contributed by atoms with van der Waals surface area (Å²) in [5, 5.41) is 13.8. The third kappa shape index (κ3) is 3.93. The lowest BCUT2D eigenvalue weighted by atomic mass is 10.1. The molecule has 0 atom stereocenters. The van der Waals surface area contributed by atoms with Gasteiger partial charge in [-0.1, -0.05) is 12.1 Å². The molecule has 1 heterocycles. The Hall–Kier alpha value is -3.14. The molecule has 2 N–H and O–H groups in total. The van der Waals surface area contributed by atoms with Crippen LogP contribution in [0.5, 0.6) is 0 Å². The van der Waals surface area contributed by atoms with Crippen LogP contribution in [0.4, 0.5) is 4.79 Å². The molecule has 1 saturated heterocycles. The largest absolute Gasteiger partial charge is 0.351 e. The number of nitriles is 1. The molecule has 0 bridgehead atoms. The molecule has 1 fully saturated rings. The molecule has 0 aromatic heterocycles. The van der Waals surface area contributed by atoms with Crippen LogP contribution in [0.2, 0.25) is 0 Å². The molecule has 22 heavy (non-hydrogen) atoms. The van der Waals surface area contributed by atoms with Gasteiger partial charge in [-0.2, -0.15) is 5.26 Å². The number of nitrogens with zero attached hydrogens (tertiary/aromatic N) is 2. The molecule has 0 aliphatic carbocycles. The Kier molecular flexibility index (Phi) is 4.88. The summed E-state index contributed by atoms with van der Waals surface area (Å²) >= 11 is 0. The van der Waals surface area contributed by atoms with Crippen molar-refractivity contribution in [3.05, 3.63) is 41.5 Å². The van der Waals surface area contributed by atoms with Crippen LogP contribution in [0.25, 0.3) is 6.08 Å². The number of urea groups is 1. The quantitative estimate of drug-likeness (QED) is 0.600. The van der Waals surface area contributed by atoms with Crippen molar-refractivity contribution in [3.8, 4) is 6.07 Å². The van der Waals surface area contributed by atoms with E-state index in [2.05, 4.69) is 10.6 Å². The van der Waals surface area contributed by atoms with E-state index in [1.54, 1.807) is 30.3 Å². The minimum Gasteiger partial charge on any atom is -0.351 e. The van der Waals surface area contributed by atoms with Crippen LogP contribution in [-0.4, -0.2) is 42.4 Å². The number of imide groups is 1. The van der Waals surface area contributed by atoms with Crippen molar-refractivity contribution in [3.63, 3.8) is 0 Å². The molecular weight excluding hydrogens is 284 g/mol. The highest BCUT2D eigenvalue weighted by Crippen LogP contribution is 2.05. The number of benzene rings is 1. The van der Waals surface area contributed by atoms with Crippen LogP contribution >= 0.6 is 0 Å². The molecule has 7 heteroatoms. The average molecular weight is 298 g/mol. The van der Waals surface area contributed by atoms with Crippen molar-refractivity contribution in [1.82, 2.24) is 15.5 Å². The van der Waals surface area contributed by atoms with Gasteiger partial charge in [0.25, 0.3) is 0 Å². The molecule has 112 valence electrons. The lowest BCUT2D eigenvalue weighted by molar-refractivity contribution is -0.125. The minimum atomic E-state index is -0.442. The van der Waals surface area contributed by atoms with E-state index in [1.807, 2.05) is 6.07 Å². The first-order valence-electron chi connectivity index (χ1n) is 6.64. The first kappa shape index (κ1) is 15.3. The zero-order valence-corrected chi connectivity index (χ0v) is 11.7. The fourth-order valence-corrected chi connectivity index (χ4v) is 1.92. The van der Waals surface area contributed by atoms with Gasteiger partial charge in [-0.3, -0.25) is 14.5 Å². The maximum Gasteiger partial charge on any atom is 0.324 e. The number of nitrogens with one attached hydrogen (secondary N) is 2.